The normalized spacial score (nSPS) is 13.2. The van der Waals surface area contributed by atoms with Crippen LogP contribution in [0.3, 0.4) is 0 Å². The second-order valence-electron chi connectivity index (χ2n) is 6.67. The smallest absolute Gasteiger partial charge is 0.0438 e. The van der Waals surface area contributed by atoms with Crippen molar-refractivity contribution in [2.24, 2.45) is 5.41 Å². The van der Waals surface area contributed by atoms with E-state index in [-0.39, 0.29) is 5.41 Å². The van der Waals surface area contributed by atoms with Crippen molar-refractivity contribution in [1.29, 1.82) is 0 Å². The van der Waals surface area contributed by atoms with Crippen LogP contribution in [-0.2, 0) is 6.54 Å². The van der Waals surface area contributed by atoms with Gasteiger partial charge in [0.25, 0.3) is 0 Å². The van der Waals surface area contributed by atoms with Gasteiger partial charge in [0.1, 0.15) is 0 Å². The first-order chi connectivity index (χ1) is 9.88. The number of aryl methyl sites for hydroxylation is 1. The van der Waals surface area contributed by atoms with Crippen LogP contribution in [0, 0.1) is 12.3 Å². The lowest BCUT2D eigenvalue weighted by Crippen LogP contribution is -2.32. The minimum atomic E-state index is 0.149. The fraction of sp³-hybridized carbons (Fsp3) is 0.368. The van der Waals surface area contributed by atoms with Gasteiger partial charge in [-0.1, -0.05) is 74.8 Å². The summed E-state index contributed by atoms with van der Waals surface area (Å²) in [5.74, 6) is 0. The van der Waals surface area contributed by atoms with Gasteiger partial charge in [0.15, 0.2) is 0 Å². The molecule has 0 aliphatic carbocycles. The van der Waals surface area contributed by atoms with Crippen LogP contribution in [0.1, 0.15) is 43.5 Å². The third kappa shape index (κ3) is 4.33. The zero-order chi connectivity index (χ0) is 15.5. The number of hydrogen-bond acceptors (Lipinski definition) is 1. The number of nitrogens with one attached hydrogen (secondary N) is 1. The molecular formula is C19H24ClN. The molecule has 2 aromatic rings. The Labute approximate surface area is 133 Å². The van der Waals surface area contributed by atoms with Crippen LogP contribution in [0.5, 0.6) is 0 Å². The third-order valence-corrected chi connectivity index (χ3v) is 4.15. The SMILES string of the molecule is Cc1ccc(CNC(c2ccccc2)C(C)(C)C)cc1Cl. The average Bonchev–Trinajstić information content (AvgIpc) is 2.43. The molecule has 0 heterocycles. The number of rotatable bonds is 4. The van der Waals surface area contributed by atoms with E-state index < -0.39 is 0 Å². The van der Waals surface area contributed by atoms with E-state index >= 15 is 0 Å². The van der Waals surface area contributed by atoms with Crippen LogP contribution >= 0.6 is 11.6 Å². The van der Waals surface area contributed by atoms with Gasteiger partial charge in [-0.3, -0.25) is 0 Å². The van der Waals surface area contributed by atoms with E-state index in [0.29, 0.717) is 6.04 Å². The summed E-state index contributed by atoms with van der Waals surface area (Å²) < 4.78 is 0. The zero-order valence-corrected chi connectivity index (χ0v) is 14.0. The van der Waals surface area contributed by atoms with Gasteiger partial charge < -0.3 is 5.32 Å². The fourth-order valence-electron chi connectivity index (χ4n) is 2.54. The third-order valence-electron chi connectivity index (χ3n) is 3.75. The van der Waals surface area contributed by atoms with Crippen molar-refractivity contribution in [2.75, 3.05) is 0 Å². The molecule has 0 amide bonds. The summed E-state index contributed by atoms with van der Waals surface area (Å²) in [5, 5.41) is 4.51. The predicted molar refractivity (Wildman–Crippen MR) is 91.7 cm³/mol. The molecule has 0 radical (unpaired) electrons. The lowest BCUT2D eigenvalue weighted by atomic mass is 9.82. The van der Waals surface area contributed by atoms with Gasteiger partial charge in [0.2, 0.25) is 0 Å². The predicted octanol–water partition coefficient (Wildman–Crippen LogP) is 5.53. The second-order valence-corrected chi connectivity index (χ2v) is 7.08. The number of hydrogen-bond donors (Lipinski definition) is 1. The van der Waals surface area contributed by atoms with Crippen molar-refractivity contribution < 1.29 is 0 Å². The van der Waals surface area contributed by atoms with Gasteiger partial charge in [0, 0.05) is 17.6 Å². The maximum Gasteiger partial charge on any atom is 0.0438 e. The Hall–Kier alpha value is -1.31. The monoisotopic (exact) mass is 301 g/mol. The molecule has 1 unspecified atom stereocenters. The second kappa shape index (κ2) is 6.64. The lowest BCUT2D eigenvalue weighted by molar-refractivity contribution is 0.271. The molecule has 0 aliphatic heterocycles. The molecule has 0 bridgehead atoms. The molecule has 2 heteroatoms. The Morgan fingerprint density at radius 1 is 1.05 bits per heavy atom. The van der Waals surface area contributed by atoms with Gasteiger partial charge >= 0.3 is 0 Å². The molecule has 0 aliphatic rings. The van der Waals surface area contributed by atoms with Crippen molar-refractivity contribution in [3.63, 3.8) is 0 Å². The van der Waals surface area contributed by atoms with Crippen LogP contribution in [-0.4, -0.2) is 0 Å². The van der Waals surface area contributed by atoms with E-state index in [1.54, 1.807) is 0 Å². The quantitative estimate of drug-likeness (QED) is 0.783. The lowest BCUT2D eigenvalue weighted by Gasteiger charge is -2.32. The van der Waals surface area contributed by atoms with Crippen LogP contribution in [0.2, 0.25) is 5.02 Å². The van der Waals surface area contributed by atoms with E-state index in [9.17, 15) is 0 Å². The van der Waals surface area contributed by atoms with Crippen LogP contribution in [0.4, 0.5) is 0 Å². The van der Waals surface area contributed by atoms with Crippen molar-refractivity contribution in [1.82, 2.24) is 5.32 Å². The first-order valence-electron chi connectivity index (χ1n) is 7.41. The van der Waals surface area contributed by atoms with Gasteiger partial charge in [-0.25, -0.2) is 0 Å². The standard InChI is InChI=1S/C19H24ClN/c1-14-10-11-15(12-17(14)20)13-21-18(19(2,3)4)16-8-6-5-7-9-16/h5-12,18,21H,13H2,1-4H3. The Bertz CT molecular complexity index is 584. The van der Waals surface area contributed by atoms with Crippen molar-refractivity contribution in [3.8, 4) is 0 Å². The first-order valence-corrected chi connectivity index (χ1v) is 7.79. The van der Waals surface area contributed by atoms with Gasteiger partial charge in [0.05, 0.1) is 0 Å². The molecule has 1 N–H and O–H groups in total. The molecular weight excluding hydrogens is 278 g/mol. The highest BCUT2D eigenvalue weighted by atomic mass is 35.5. The summed E-state index contributed by atoms with van der Waals surface area (Å²) in [4.78, 5) is 0. The topological polar surface area (TPSA) is 12.0 Å². The molecule has 2 aromatic carbocycles. The van der Waals surface area contributed by atoms with E-state index in [0.717, 1.165) is 17.1 Å². The highest BCUT2D eigenvalue weighted by molar-refractivity contribution is 6.31. The highest BCUT2D eigenvalue weighted by Crippen LogP contribution is 2.33. The zero-order valence-electron chi connectivity index (χ0n) is 13.3. The van der Waals surface area contributed by atoms with Gasteiger partial charge in [-0.15, -0.1) is 0 Å². The number of benzene rings is 2. The largest absolute Gasteiger partial charge is 0.305 e. The highest BCUT2D eigenvalue weighted by Gasteiger charge is 2.25. The summed E-state index contributed by atoms with van der Waals surface area (Å²) in [6.45, 7) is 9.64. The van der Waals surface area contributed by atoms with E-state index in [2.05, 4.69) is 74.6 Å². The minimum Gasteiger partial charge on any atom is -0.305 e. The summed E-state index contributed by atoms with van der Waals surface area (Å²) >= 11 is 6.21. The van der Waals surface area contributed by atoms with Gasteiger partial charge in [-0.2, -0.15) is 0 Å². The summed E-state index contributed by atoms with van der Waals surface area (Å²) in [7, 11) is 0. The fourth-order valence-corrected chi connectivity index (χ4v) is 2.74. The Morgan fingerprint density at radius 3 is 2.29 bits per heavy atom. The minimum absolute atomic E-state index is 0.149. The molecule has 0 aromatic heterocycles. The molecule has 2 rings (SSSR count). The Morgan fingerprint density at radius 2 is 1.71 bits per heavy atom. The van der Waals surface area contributed by atoms with Crippen LogP contribution in [0.25, 0.3) is 0 Å². The maximum absolute atomic E-state index is 6.21. The van der Waals surface area contributed by atoms with Gasteiger partial charge in [-0.05, 0) is 35.1 Å². The average molecular weight is 302 g/mol. The number of halogens is 1. The van der Waals surface area contributed by atoms with Crippen molar-refractivity contribution >= 4 is 11.6 Å². The molecule has 0 fully saturated rings. The van der Waals surface area contributed by atoms with Crippen LogP contribution < -0.4 is 5.32 Å². The first kappa shape index (κ1) is 16.1. The van der Waals surface area contributed by atoms with E-state index in [1.807, 2.05) is 6.92 Å². The Kier molecular flexibility index (Phi) is 5.08. The molecule has 21 heavy (non-hydrogen) atoms. The molecule has 0 saturated heterocycles. The van der Waals surface area contributed by atoms with Crippen molar-refractivity contribution in [3.05, 3.63) is 70.2 Å². The summed E-state index contributed by atoms with van der Waals surface area (Å²) in [5.41, 5.74) is 3.81. The summed E-state index contributed by atoms with van der Waals surface area (Å²) in [6.07, 6.45) is 0. The van der Waals surface area contributed by atoms with E-state index in [4.69, 9.17) is 11.6 Å². The molecule has 1 atom stereocenters. The molecule has 0 saturated carbocycles. The molecule has 112 valence electrons. The molecule has 1 nitrogen and oxygen atoms in total. The van der Waals surface area contributed by atoms with Crippen LogP contribution in [0.15, 0.2) is 48.5 Å². The summed E-state index contributed by atoms with van der Waals surface area (Å²) in [6, 6.07) is 17.2. The van der Waals surface area contributed by atoms with Crippen molar-refractivity contribution in [2.45, 2.75) is 40.3 Å². The maximum atomic E-state index is 6.21. The Balaban J connectivity index is 2.15. The molecule has 0 spiro atoms. The van der Waals surface area contributed by atoms with E-state index in [1.165, 1.54) is 11.1 Å².